The van der Waals surface area contributed by atoms with E-state index in [1.165, 1.54) is 0 Å². The van der Waals surface area contributed by atoms with Crippen molar-refractivity contribution in [2.24, 2.45) is 5.92 Å². The summed E-state index contributed by atoms with van der Waals surface area (Å²) < 4.78 is 10.4. The zero-order chi connectivity index (χ0) is 11.2. The molecule has 1 atom stereocenters. The third-order valence-corrected chi connectivity index (χ3v) is 1.61. The first kappa shape index (κ1) is 12.9. The van der Waals surface area contributed by atoms with Crippen LogP contribution in [0.2, 0.25) is 0 Å². The first-order valence-corrected chi connectivity index (χ1v) is 4.53. The molecule has 0 heterocycles. The van der Waals surface area contributed by atoms with Crippen LogP contribution in [0.3, 0.4) is 0 Å². The number of esters is 1. The number of hydrogen-bond donors (Lipinski definition) is 0. The molecule has 3 nitrogen and oxygen atoms in total. The van der Waals surface area contributed by atoms with E-state index in [1.807, 2.05) is 6.92 Å². The van der Waals surface area contributed by atoms with Crippen molar-refractivity contribution < 1.29 is 14.3 Å². The number of hydrogen-bond acceptors (Lipinski definition) is 3. The maximum Gasteiger partial charge on any atom is 0.332 e. The Morgan fingerprint density at radius 3 is 2.50 bits per heavy atom. The van der Waals surface area contributed by atoms with Crippen LogP contribution in [0.15, 0.2) is 25.3 Å². The number of ether oxygens (including phenoxy) is 2. The number of rotatable bonds is 6. The van der Waals surface area contributed by atoms with E-state index in [4.69, 9.17) is 9.47 Å². The van der Waals surface area contributed by atoms with Gasteiger partial charge in [-0.25, -0.2) is 4.79 Å². The number of carbonyl (C=O) groups is 1. The molecule has 0 saturated carbocycles. The monoisotopic (exact) mass is 198 g/mol. The normalized spacial score (nSPS) is 13.1. The molecule has 0 fully saturated rings. The highest BCUT2D eigenvalue weighted by Crippen LogP contribution is 2.13. The molecule has 0 aliphatic carbocycles. The van der Waals surface area contributed by atoms with E-state index in [9.17, 15) is 4.79 Å². The second-order valence-electron chi connectivity index (χ2n) is 3.55. The SMILES string of the molecule is C=CC(=O)OC(C)(C)OCC(C)C=C. The molecule has 0 N–H and O–H groups in total. The lowest BCUT2D eigenvalue weighted by Crippen LogP contribution is -2.32. The van der Waals surface area contributed by atoms with Gasteiger partial charge < -0.3 is 9.47 Å². The molecular weight excluding hydrogens is 180 g/mol. The second-order valence-corrected chi connectivity index (χ2v) is 3.55. The topological polar surface area (TPSA) is 35.5 Å². The summed E-state index contributed by atoms with van der Waals surface area (Å²) in [4.78, 5) is 10.9. The van der Waals surface area contributed by atoms with Crippen LogP contribution in [0.5, 0.6) is 0 Å². The van der Waals surface area contributed by atoms with Crippen LogP contribution in [0, 0.1) is 5.92 Å². The predicted octanol–water partition coefficient (Wildman–Crippen LogP) is 2.29. The lowest BCUT2D eigenvalue weighted by atomic mass is 10.2. The maximum atomic E-state index is 10.9. The van der Waals surface area contributed by atoms with E-state index >= 15 is 0 Å². The molecule has 0 aromatic rings. The van der Waals surface area contributed by atoms with Crippen molar-refractivity contribution in [1.82, 2.24) is 0 Å². The van der Waals surface area contributed by atoms with Gasteiger partial charge in [0.1, 0.15) is 0 Å². The highest BCUT2D eigenvalue weighted by atomic mass is 16.7. The van der Waals surface area contributed by atoms with Crippen LogP contribution in [-0.2, 0) is 14.3 Å². The van der Waals surface area contributed by atoms with Gasteiger partial charge in [-0.2, -0.15) is 0 Å². The molecule has 0 amide bonds. The highest BCUT2D eigenvalue weighted by molar-refractivity contribution is 5.81. The summed E-state index contributed by atoms with van der Waals surface area (Å²) in [5.74, 6) is -1.17. The first-order valence-electron chi connectivity index (χ1n) is 4.53. The molecule has 0 aromatic carbocycles. The van der Waals surface area contributed by atoms with Crippen LogP contribution in [0.25, 0.3) is 0 Å². The summed E-state index contributed by atoms with van der Waals surface area (Å²) in [5.41, 5.74) is 0. The zero-order valence-corrected chi connectivity index (χ0v) is 9.08. The molecule has 0 spiro atoms. The van der Waals surface area contributed by atoms with Gasteiger partial charge in [0, 0.05) is 19.9 Å². The fourth-order valence-corrected chi connectivity index (χ4v) is 0.714. The molecular formula is C11H18O3. The molecule has 0 saturated heterocycles. The van der Waals surface area contributed by atoms with Crippen LogP contribution in [0.4, 0.5) is 0 Å². The smallest absolute Gasteiger partial charge is 0.332 e. The Labute approximate surface area is 85.4 Å². The Hall–Kier alpha value is -1.09. The summed E-state index contributed by atoms with van der Waals surface area (Å²) in [6.45, 7) is 12.8. The van der Waals surface area contributed by atoms with E-state index in [0.29, 0.717) is 6.61 Å². The van der Waals surface area contributed by atoms with E-state index < -0.39 is 11.8 Å². The van der Waals surface area contributed by atoms with Crippen LogP contribution >= 0.6 is 0 Å². The predicted molar refractivity (Wildman–Crippen MR) is 55.7 cm³/mol. The van der Waals surface area contributed by atoms with E-state index in [-0.39, 0.29) is 5.92 Å². The van der Waals surface area contributed by atoms with Gasteiger partial charge in [-0.05, 0) is 5.92 Å². The Bertz CT molecular complexity index is 219. The third kappa shape index (κ3) is 5.54. The maximum absolute atomic E-state index is 10.9. The second kappa shape index (κ2) is 5.60. The fourth-order valence-electron chi connectivity index (χ4n) is 0.714. The Balaban J connectivity index is 4.00. The molecule has 80 valence electrons. The minimum Gasteiger partial charge on any atom is -0.431 e. The first-order chi connectivity index (χ1) is 6.41. The molecule has 0 rings (SSSR count). The minimum atomic E-state index is -0.914. The third-order valence-electron chi connectivity index (χ3n) is 1.61. The molecule has 3 heteroatoms. The van der Waals surface area contributed by atoms with E-state index in [0.717, 1.165) is 6.08 Å². The van der Waals surface area contributed by atoms with E-state index in [1.54, 1.807) is 19.9 Å². The number of carbonyl (C=O) groups excluding carboxylic acids is 1. The van der Waals surface area contributed by atoms with Crippen LogP contribution < -0.4 is 0 Å². The van der Waals surface area contributed by atoms with Gasteiger partial charge in [0.25, 0.3) is 0 Å². The van der Waals surface area contributed by atoms with Gasteiger partial charge in [-0.3, -0.25) is 0 Å². The van der Waals surface area contributed by atoms with Gasteiger partial charge in [-0.15, -0.1) is 6.58 Å². The Morgan fingerprint density at radius 1 is 1.50 bits per heavy atom. The highest BCUT2D eigenvalue weighted by Gasteiger charge is 2.22. The van der Waals surface area contributed by atoms with Crippen LogP contribution in [-0.4, -0.2) is 18.4 Å². The average molecular weight is 198 g/mol. The molecule has 0 bridgehead atoms. The fraction of sp³-hybridized carbons (Fsp3) is 0.545. The Morgan fingerprint density at radius 2 is 2.07 bits per heavy atom. The van der Waals surface area contributed by atoms with Gasteiger partial charge in [0.05, 0.1) is 6.61 Å². The van der Waals surface area contributed by atoms with Gasteiger partial charge in [-0.1, -0.05) is 19.6 Å². The summed E-state index contributed by atoms with van der Waals surface area (Å²) in [5, 5.41) is 0. The summed E-state index contributed by atoms with van der Waals surface area (Å²) in [6, 6.07) is 0. The van der Waals surface area contributed by atoms with Crippen molar-refractivity contribution in [3.63, 3.8) is 0 Å². The summed E-state index contributed by atoms with van der Waals surface area (Å²) in [7, 11) is 0. The van der Waals surface area contributed by atoms with Crippen molar-refractivity contribution in [2.75, 3.05) is 6.61 Å². The molecule has 1 unspecified atom stereocenters. The van der Waals surface area contributed by atoms with E-state index in [2.05, 4.69) is 13.2 Å². The van der Waals surface area contributed by atoms with Crippen LogP contribution in [0.1, 0.15) is 20.8 Å². The average Bonchev–Trinajstić information content (AvgIpc) is 2.13. The minimum absolute atomic E-state index is 0.233. The molecule has 0 aliphatic heterocycles. The van der Waals surface area contributed by atoms with Gasteiger partial charge in [0.2, 0.25) is 5.79 Å². The van der Waals surface area contributed by atoms with Crippen molar-refractivity contribution in [3.8, 4) is 0 Å². The lowest BCUT2D eigenvalue weighted by molar-refractivity contribution is -0.213. The molecule has 0 radical (unpaired) electrons. The van der Waals surface area contributed by atoms with Crippen molar-refractivity contribution in [3.05, 3.63) is 25.3 Å². The van der Waals surface area contributed by atoms with Gasteiger partial charge >= 0.3 is 5.97 Å². The lowest BCUT2D eigenvalue weighted by Gasteiger charge is -2.25. The molecule has 14 heavy (non-hydrogen) atoms. The largest absolute Gasteiger partial charge is 0.431 e. The van der Waals surface area contributed by atoms with Crippen molar-refractivity contribution in [2.45, 2.75) is 26.6 Å². The molecule has 0 aliphatic rings. The summed E-state index contributed by atoms with van der Waals surface area (Å²) >= 11 is 0. The standard InChI is InChI=1S/C11H18O3/c1-6-9(3)8-13-11(4,5)14-10(12)7-2/h6-7,9H,1-2,8H2,3-5H3. The van der Waals surface area contributed by atoms with Crippen molar-refractivity contribution in [1.29, 1.82) is 0 Å². The van der Waals surface area contributed by atoms with Crippen molar-refractivity contribution >= 4 is 5.97 Å². The van der Waals surface area contributed by atoms with Gasteiger partial charge in [0.15, 0.2) is 0 Å². The zero-order valence-electron chi connectivity index (χ0n) is 9.08. The quantitative estimate of drug-likeness (QED) is 0.284. The molecule has 0 aromatic heterocycles. The summed E-state index contributed by atoms with van der Waals surface area (Å²) in [6.07, 6.45) is 2.90. The Kier molecular flexibility index (Phi) is 5.16.